The molecule has 1 saturated heterocycles. The van der Waals surface area contributed by atoms with Gasteiger partial charge in [-0.3, -0.25) is 4.79 Å². The average Bonchev–Trinajstić information content (AvgIpc) is 2.51. The Hall–Kier alpha value is -1.39. The van der Waals surface area contributed by atoms with Crippen LogP contribution in [0.5, 0.6) is 0 Å². The van der Waals surface area contributed by atoms with Crippen LogP contribution in [0.15, 0.2) is 30.3 Å². The molecule has 2 rings (SSSR count). The van der Waals surface area contributed by atoms with E-state index in [1.54, 1.807) is 7.11 Å². The maximum absolute atomic E-state index is 12.8. The highest BCUT2D eigenvalue weighted by molar-refractivity contribution is 5.82. The van der Waals surface area contributed by atoms with Gasteiger partial charge in [-0.05, 0) is 31.9 Å². The number of hydrogen-bond acceptors (Lipinski definition) is 3. The first kappa shape index (κ1) is 15.0. The normalized spacial score (nSPS) is 20.4. The van der Waals surface area contributed by atoms with Gasteiger partial charge in [0, 0.05) is 26.2 Å². The zero-order valence-electron chi connectivity index (χ0n) is 12.3. The fourth-order valence-corrected chi connectivity index (χ4v) is 2.85. The highest BCUT2D eigenvalue weighted by atomic mass is 16.5. The third-order valence-corrected chi connectivity index (χ3v) is 3.90. The zero-order chi connectivity index (χ0) is 14.4. The molecule has 1 heterocycles. The van der Waals surface area contributed by atoms with Crippen molar-refractivity contribution >= 4 is 5.91 Å². The number of ether oxygens (including phenoxy) is 1. The number of carbonyl (C=O) groups is 1. The van der Waals surface area contributed by atoms with Crippen LogP contribution < -0.4 is 5.32 Å². The molecular formula is C16H24N2O2. The lowest BCUT2D eigenvalue weighted by Crippen LogP contribution is -2.50. The van der Waals surface area contributed by atoms with E-state index in [4.69, 9.17) is 4.74 Å². The molecule has 1 fully saturated rings. The molecule has 0 radical (unpaired) electrons. The van der Waals surface area contributed by atoms with Gasteiger partial charge in [-0.1, -0.05) is 30.3 Å². The van der Waals surface area contributed by atoms with Crippen molar-refractivity contribution in [2.45, 2.75) is 31.9 Å². The van der Waals surface area contributed by atoms with E-state index in [9.17, 15) is 4.79 Å². The standard InChI is InChI=1S/C16H24N2O2/c1-3-18(14-10-7-11-17-12-14)16(19)15(20-2)13-8-5-4-6-9-13/h4-6,8-9,14-15,17H,3,7,10-12H2,1-2H3. The van der Waals surface area contributed by atoms with Gasteiger partial charge in [-0.2, -0.15) is 0 Å². The van der Waals surface area contributed by atoms with Gasteiger partial charge >= 0.3 is 0 Å². The Balaban J connectivity index is 2.13. The van der Waals surface area contributed by atoms with Crippen molar-refractivity contribution in [3.05, 3.63) is 35.9 Å². The molecule has 1 amide bonds. The fourth-order valence-electron chi connectivity index (χ4n) is 2.85. The number of benzene rings is 1. The predicted octanol–water partition coefficient (Wildman–Crippen LogP) is 1.97. The topological polar surface area (TPSA) is 41.6 Å². The lowest BCUT2D eigenvalue weighted by molar-refractivity contribution is -0.145. The monoisotopic (exact) mass is 276 g/mol. The Kier molecular flexibility index (Phi) is 5.56. The Bertz CT molecular complexity index is 416. The van der Waals surface area contributed by atoms with Gasteiger partial charge in [-0.25, -0.2) is 0 Å². The summed E-state index contributed by atoms with van der Waals surface area (Å²) >= 11 is 0. The van der Waals surface area contributed by atoms with Crippen LogP contribution in [0.2, 0.25) is 0 Å². The number of likely N-dealkylation sites (N-methyl/N-ethyl adjacent to an activating group) is 1. The number of nitrogens with one attached hydrogen (secondary N) is 1. The molecule has 0 spiro atoms. The largest absolute Gasteiger partial charge is 0.367 e. The molecule has 0 aromatic heterocycles. The summed E-state index contributed by atoms with van der Waals surface area (Å²) in [5, 5.41) is 3.37. The molecule has 2 unspecified atom stereocenters. The summed E-state index contributed by atoms with van der Waals surface area (Å²) in [6.45, 7) is 4.68. The molecule has 0 aliphatic carbocycles. The second-order valence-corrected chi connectivity index (χ2v) is 5.15. The van der Waals surface area contributed by atoms with E-state index < -0.39 is 6.10 Å². The summed E-state index contributed by atoms with van der Waals surface area (Å²) in [7, 11) is 1.60. The summed E-state index contributed by atoms with van der Waals surface area (Å²) < 4.78 is 5.46. The van der Waals surface area contributed by atoms with Crippen molar-refractivity contribution in [3.8, 4) is 0 Å². The van der Waals surface area contributed by atoms with Crippen LogP contribution in [0.25, 0.3) is 0 Å². The number of piperidine rings is 1. The predicted molar refractivity (Wildman–Crippen MR) is 79.5 cm³/mol. The van der Waals surface area contributed by atoms with E-state index in [-0.39, 0.29) is 11.9 Å². The van der Waals surface area contributed by atoms with Crippen molar-refractivity contribution in [2.24, 2.45) is 0 Å². The van der Waals surface area contributed by atoms with Crippen molar-refractivity contribution in [2.75, 3.05) is 26.7 Å². The minimum Gasteiger partial charge on any atom is -0.367 e. The Morgan fingerprint density at radius 2 is 2.20 bits per heavy atom. The van der Waals surface area contributed by atoms with Gasteiger partial charge in [0.25, 0.3) is 5.91 Å². The van der Waals surface area contributed by atoms with Crippen molar-refractivity contribution < 1.29 is 9.53 Å². The summed E-state index contributed by atoms with van der Waals surface area (Å²) in [6, 6.07) is 9.99. The molecule has 1 aliphatic rings. The number of hydrogen-bond donors (Lipinski definition) is 1. The van der Waals surface area contributed by atoms with Gasteiger partial charge in [0.05, 0.1) is 0 Å². The molecule has 0 saturated carbocycles. The van der Waals surface area contributed by atoms with Crippen LogP contribution in [0.3, 0.4) is 0 Å². The molecule has 4 nitrogen and oxygen atoms in total. The van der Waals surface area contributed by atoms with Crippen molar-refractivity contribution in [1.29, 1.82) is 0 Å². The number of methoxy groups -OCH3 is 1. The number of rotatable bonds is 5. The van der Waals surface area contributed by atoms with Crippen LogP contribution >= 0.6 is 0 Å². The Labute approximate surface area is 121 Å². The molecule has 0 bridgehead atoms. The third-order valence-electron chi connectivity index (χ3n) is 3.90. The molecule has 1 aromatic rings. The van der Waals surface area contributed by atoms with Crippen LogP contribution in [-0.4, -0.2) is 43.6 Å². The molecular weight excluding hydrogens is 252 g/mol. The Morgan fingerprint density at radius 3 is 2.75 bits per heavy atom. The number of nitrogens with zero attached hydrogens (tertiary/aromatic N) is 1. The Morgan fingerprint density at radius 1 is 1.45 bits per heavy atom. The van der Waals surface area contributed by atoms with Gasteiger partial charge in [0.15, 0.2) is 6.10 Å². The lowest BCUT2D eigenvalue weighted by atomic mass is 10.0. The lowest BCUT2D eigenvalue weighted by Gasteiger charge is -2.35. The molecule has 1 aromatic carbocycles. The molecule has 1 aliphatic heterocycles. The van der Waals surface area contributed by atoms with E-state index in [0.717, 1.165) is 38.0 Å². The molecule has 20 heavy (non-hydrogen) atoms. The van der Waals surface area contributed by atoms with E-state index in [1.807, 2.05) is 42.2 Å². The average molecular weight is 276 g/mol. The molecule has 110 valence electrons. The highest BCUT2D eigenvalue weighted by Crippen LogP contribution is 2.22. The first-order valence-corrected chi connectivity index (χ1v) is 7.36. The smallest absolute Gasteiger partial charge is 0.256 e. The number of amides is 1. The highest BCUT2D eigenvalue weighted by Gasteiger charge is 2.30. The van der Waals surface area contributed by atoms with Crippen LogP contribution in [0, 0.1) is 0 Å². The van der Waals surface area contributed by atoms with Crippen molar-refractivity contribution in [1.82, 2.24) is 10.2 Å². The minimum atomic E-state index is -0.502. The van der Waals surface area contributed by atoms with Crippen LogP contribution in [0.4, 0.5) is 0 Å². The summed E-state index contributed by atoms with van der Waals surface area (Å²) in [5.74, 6) is 0.0647. The second-order valence-electron chi connectivity index (χ2n) is 5.15. The zero-order valence-corrected chi connectivity index (χ0v) is 12.3. The van der Waals surface area contributed by atoms with E-state index in [2.05, 4.69) is 5.32 Å². The van der Waals surface area contributed by atoms with Gasteiger partial charge < -0.3 is 15.0 Å². The molecule has 1 N–H and O–H groups in total. The first-order valence-electron chi connectivity index (χ1n) is 7.36. The fraction of sp³-hybridized carbons (Fsp3) is 0.562. The van der Waals surface area contributed by atoms with Gasteiger partial charge in [0.2, 0.25) is 0 Å². The summed E-state index contributed by atoms with van der Waals surface area (Å²) in [5.41, 5.74) is 0.919. The van der Waals surface area contributed by atoms with Gasteiger partial charge in [-0.15, -0.1) is 0 Å². The van der Waals surface area contributed by atoms with Crippen LogP contribution in [0.1, 0.15) is 31.4 Å². The van der Waals surface area contributed by atoms with Crippen LogP contribution in [-0.2, 0) is 9.53 Å². The van der Waals surface area contributed by atoms with E-state index in [0.29, 0.717) is 0 Å². The van der Waals surface area contributed by atoms with E-state index >= 15 is 0 Å². The quantitative estimate of drug-likeness (QED) is 0.894. The maximum Gasteiger partial charge on any atom is 0.256 e. The minimum absolute atomic E-state index is 0.0647. The summed E-state index contributed by atoms with van der Waals surface area (Å²) in [6.07, 6.45) is 1.69. The second kappa shape index (κ2) is 7.41. The SMILES string of the molecule is CCN(C(=O)C(OC)c1ccccc1)C1CCCNC1. The maximum atomic E-state index is 12.8. The number of carbonyl (C=O) groups excluding carboxylic acids is 1. The van der Waals surface area contributed by atoms with Gasteiger partial charge in [0.1, 0.15) is 0 Å². The van der Waals surface area contributed by atoms with E-state index in [1.165, 1.54) is 0 Å². The summed E-state index contributed by atoms with van der Waals surface area (Å²) in [4.78, 5) is 14.7. The van der Waals surface area contributed by atoms with Crippen molar-refractivity contribution in [3.63, 3.8) is 0 Å². The third kappa shape index (κ3) is 3.38. The molecule has 2 atom stereocenters. The molecule has 4 heteroatoms. The first-order chi connectivity index (χ1) is 9.77.